The third-order valence-electron chi connectivity index (χ3n) is 2.50. The lowest BCUT2D eigenvalue weighted by molar-refractivity contribution is 1.04. The molecule has 0 aliphatic heterocycles. The van der Waals surface area contributed by atoms with Crippen LogP contribution >= 0.6 is 11.6 Å². The molecule has 0 aliphatic rings. The molecule has 0 radical (unpaired) electrons. The topological polar surface area (TPSA) is 41.8 Å². The Hall–Kier alpha value is -1.25. The Bertz CT molecular complexity index is 457. The molecule has 2 nitrogen and oxygen atoms in total. The van der Waals surface area contributed by atoms with Gasteiger partial charge < -0.3 is 10.7 Å². The zero-order valence-corrected chi connectivity index (χ0v) is 9.31. The van der Waals surface area contributed by atoms with Crippen LogP contribution in [0.2, 0.25) is 5.02 Å². The van der Waals surface area contributed by atoms with Gasteiger partial charge in [0.2, 0.25) is 0 Å². The van der Waals surface area contributed by atoms with E-state index in [0.29, 0.717) is 6.54 Å². The number of benzene rings is 1. The highest BCUT2D eigenvalue weighted by Gasteiger charge is 2.04. The smallest absolute Gasteiger partial charge is 0.0459 e. The quantitative estimate of drug-likeness (QED) is 0.803. The second-order valence-electron chi connectivity index (χ2n) is 3.54. The van der Waals surface area contributed by atoms with E-state index in [9.17, 15) is 0 Å². The summed E-state index contributed by atoms with van der Waals surface area (Å²) in [6, 6.07) is 9.84. The first kappa shape index (κ1) is 10.3. The van der Waals surface area contributed by atoms with Crippen LogP contribution in [0.5, 0.6) is 0 Å². The Balaban J connectivity index is 2.41. The monoisotopic (exact) mass is 220 g/mol. The molecule has 0 bridgehead atoms. The van der Waals surface area contributed by atoms with Gasteiger partial charge in [0.25, 0.3) is 0 Å². The molecule has 1 aromatic carbocycles. The molecular weight excluding hydrogens is 208 g/mol. The SMILES string of the molecule is Cc1[nH]c(-c2ccc(Cl)cc2)cc1CN. The number of aromatic amines is 1. The van der Waals surface area contributed by atoms with Crippen molar-refractivity contribution in [1.82, 2.24) is 4.98 Å². The predicted molar refractivity (Wildman–Crippen MR) is 63.9 cm³/mol. The van der Waals surface area contributed by atoms with Gasteiger partial charge >= 0.3 is 0 Å². The Morgan fingerprint density at radius 2 is 1.93 bits per heavy atom. The molecule has 1 aromatic heterocycles. The summed E-state index contributed by atoms with van der Waals surface area (Å²) in [5.41, 5.74) is 10.1. The van der Waals surface area contributed by atoms with Crippen molar-refractivity contribution < 1.29 is 0 Å². The van der Waals surface area contributed by atoms with E-state index < -0.39 is 0 Å². The van der Waals surface area contributed by atoms with E-state index >= 15 is 0 Å². The van der Waals surface area contributed by atoms with Crippen molar-refractivity contribution in [3.8, 4) is 11.3 Å². The molecule has 0 fully saturated rings. The van der Waals surface area contributed by atoms with Crippen LogP contribution in [0.25, 0.3) is 11.3 Å². The van der Waals surface area contributed by atoms with E-state index in [0.717, 1.165) is 27.5 Å². The number of rotatable bonds is 2. The van der Waals surface area contributed by atoms with Crippen molar-refractivity contribution in [3.63, 3.8) is 0 Å². The molecule has 3 N–H and O–H groups in total. The molecule has 1 heterocycles. The summed E-state index contributed by atoms with van der Waals surface area (Å²) >= 11 is 5.83. The molecule has 0 aliphatic carbocycles. The largest absolute Gasteiger partial charge is 0.358 e. The molecule has 0 atom stereocenters. The fourth-order valence-corrected chi connectivity index (χ4v) is 1.72. The maximum Gasteiger partial charge on any atom is 0.0459 e. The summed E-state index contributed by atoms with van der Waals surface area (Å²) in [4.78, 5) is 3.31. The van der Waals surface area contributed by atoms with Gasteiger partial charge in [0.05, 0.1) is 0 Å². The van der Waals surface area contributed by atoms with Gasteiger partial charge in [-0.05, 0) is 36.2 Å². The van der Waals surface area contributed by atoms with Gasteiger partial charge in [-0.25, -0.2) is 0 Å². The van der Waals surface area contributed by atoms with Gasteiger partial charge in [-0.3, -0.25) is 0 Å². The molecule has 15 heavy (non-hydrogen) atoms. The third-order valence-corrected chi connectivity index (χ3v) is 2.75. The summed E-state index contributed by atoms with van der Waals surface area (Å²) < 4.78 is 0. The zero-order chi connectivity index (χ0) is 10.8. The molecule has 3 heteroatoms. The third kappa shape index (κ3) is 2.06. The number of nitrogens with one attached hydrogen (secondary N) is 1. The fraction of sp³-hybridized carbons (Fsp3) is 0.167. The van der Waals surface area contributed by atoms with Crippen molar-refractivity contribution in [3.05, 3.63) is 46.6 Å². The van der Waals surface area contributed by atoms with Gasteiger partial charge in [0.15, 0.2) is 0 Å². The van der Waals surface area contributed by atoms with Crippen molar-refractivity contribution in [2.75, 3.05) is 0 Å². The first-order valence-corrected chi connectivity index (χ1v) is 5.23. The summed E-state index contributed by atoms with van der Waals surface area (Å²) in [5, 5.41) is 0.751. The Labute approximate surface area is 94.1 Å². The lowest BCUT2D eigenvalue weighted by Gasteiger charge is -1.97. The summed E-state index contributed by atoms with van der Waals surface area (Å²) in [6.45, 7) is 2.59. The minimum Gasteiger partial charge on any atom is -0.358 e. The number of nitrogens with two attached hydrogens (primary N) is 1. The van der Waals surface area contributed by atoms with Gasteiger partial charge in [-0.2, -0.15) is 0 Å². The maximum absolute atomic E-state index is 5.83. The number of halogens is 1. The van der Waals surface area contributed by atoms with Crippen LogP contribution in [-0.2, 0) is 6.54 Å². The van der Waals surface area contributed by atoms with Gasteiger partial charge in [0.1, 0.15) is 0 Å². The molecule has 78 valence electrons. The number of hydrogen-bond donors (Lipinski definition) is 2. The van der Waals surface area contributed by atoms with Crippen LogP contribution in [0.4, 0.5) is 0 Å². The van der Waals surface area contributed by atoms with Crippen LogP contribution in [0.1, 0.15) is 11.3 Å². The normalized spacial score (nSPS) is 10.6. The average molecular weight is 221 g/mol. The van der Waals surface area contributed by atoms with Crippen molar-refractivity contribution in [1.29, 1.82) is 0 Å². The van der Waals surface area contributed by atoms with Crippen LogP contribution < -0.4 is 5.73 Å². The molecule has 0 unspecified atom stereocenters. The molecule has 0 spiro atoms. The summed E-state index contributed by atoms with van der Waals surface area (Å²) in [6.07, 6.45) is 0. The Morgan fingerprint density at radius 1 is 1.27 bits per heavy atom. The lowest BCUT2D eigenvalue weighted by Crippen LogP contribution is -1.95. The minimum atomic E-state index is 0.565. The number of aryl methyl sites for hydroxylation is 1. The Morgan fingerprint density at radius 3 is 2.47 bits per heavy atom. The van der Waals surface area contributed by atoms with Gasteiger partial charge in [-0.15, -0.1) is 0 Å². The summed E-state index contributed by atoms with van der Waals surface area (Å²) in [7, 11) is 0. The summed E-state index contributed by atoms with van der Waals surface area (Å²) in [5.74, 6) is 0. The lowest BCUT2D eigenvalue weighted by atomic mass is 10.1. The maximum atomic E-state index is 5.83. The highest BCUT2D eigenvalue weighted by molar-refractivity contribution is 6.30. The van der Waals surface area contributed by atoms with E-state index in [1.165, 1.54) is 0 Å². The van der Waals surface area contributed by atoms with Crippen LogP contribution in [0.15, 0.2) is 30.3 Å². The molecule has 0 amide bonds. The fourth-order valence-electron chi connectivity index (χ4n) is 1.60. The highest BCUT2D eigenvalue weighted by Crippen LogP contribution is 2.22. The van der Waals surface area contributed by atoms with Crippen molar-refractivity contribution in [2.24, 2.45) is 5.73 Å². The molecule has 0 saturated carbocycles. The van der Waals surface area contributed by atoms with E-state index in [1.807, 2.05) is 31.2 Å². The van der Waals surface area contributed by atoms with Crippen LogP contribution in [0, 0.1) is 6.92 Å². The van der Waals surface area contributed by atoms with Gasteiger partial charge in [0, 0.05) is 23.0 Å². The van der Waals surface area contributed by atoms with E-state index in [2.05, 4.69) is 11.1 Å². The van der Waals surface area contributed by atoms with E-state index in [4.69, 9.17) is 17.3 Å². The number of H-pyrrole nitrogens is 1. The zero-order valence-electron chi connectivity index (χ0n) is 8.55. The standard InChI is InChI=1S/C12H13ClN2/c1-8-10(7-14)6-12(15-8)9-2-4-11(13)5-3-9/h2-6,15H,7,14H2,1H3. The van der Waals surface area contributed by atoms with E-state index in [1.54, 1.807) is 0 Å². The second-order valence-corrected chi connectivity index (χ2v) is 3.98. The minimum absolute atomic E-state index is 0.565. The molecular formula is C12H13ClN2. The second kappa shape index (κ2) is 4.09. The molecule has 2 aromatic rings. The van der Waals surface area contributed by atoms with Crippen LogP contribution in [0.3, 0.4) is 0 Å². The highest BCUT2D eigenvalue weighted by atomic mass is 35.5. The number of hydrogen-bond acceptors (Lipinski definition) is 1. The van der Waals surface area contributed by atoms with Crippen molar-refractivity contribution in [2.45, 2.75) is 13.5 Å². The first-order chi connectivity index (χ1) is 7.20. The van der Waals surface area contributed by atoms with Crippen molar-refractivity contribution >= 4 is 11.6 Å². The molecule has 2 rings (SSSR count). The first-order valence-electron chi connectivity index (χ1n) is 4.85. The average Bonchev–Trinajstić information content (AvgIpc) is 2.61. The van der Waals surface area contributed by atoms with Crippen LogP contribution in [-0.4, -0.2) is 4.98 Å². The number of aromatic nitrogens is 1. The Kier molecular flexibility index (Phi) is 2.80. The van der Waals surface area contributed by atoms with Gasteiger partial charge in [-0.1, -0.05) is 23.7 Å². The van der Waals surface area contributed by atoms with E-state index in [-0.39, 0.29) is 0 Å². The molecule has 0 saturated heterocycles. The predicted octanol–water partition coefficient (Wildman–Crippen LogP) is 3.10.